The van der Waals surface area contributed by atoms with Gasteiger partial charge in [-0.25, -0.2) is 0 Å². The SMILES string of the molecule is Cc1c(Br)cccc1NC(=O)C(=O)NC(C)CO. The Balaban J connectivity index is 2.70. The first-order valence-electron chi connectivity index (χ1n) is 5.43. The molecule has 0 aromatic heterocycles. The van der Waals surface area contributed by atoms with Crippen LogP contribution in [-0.2, 0) is 9.59 Å². The van der Waals surface area contributed by atoms with Crippen molar-refractivity contribution in [1.29, 1.82) is 0 Å². The zero-order chi connectivity index (χ0) is 13.7. The van der Waals surface area contributed by atoms with Crippen LogP contribution in [0.1, 0.15) is 12.5 Å². The van der Waals surface area contributed by atoms with Gasteiger partial charge in [-0.2, -0.15) is 0 Å². The minimum absolute atomic E-state index is 0.213. The number of amides is 2. The van der Waals surface area contributed by atoms with Crippen LogP contribution in [0.3, 0.4) is 0 Å². The summed E-state index contributed by atoms with van der Waals surface area (Å²) in [5.74, 6) is -1.52. The lowest BCUT2D eigenvalue weighted by Gasteiger charge is -2.12. The molecule has 3 N–H and O–H groups in total. The van der Waals surface area contributed by atoms with E-state index in [0.717, 1.165) is 10.0 Å². The molecule has 0 spiro atoms. The van der Waals surface area contributed by atoms with Crippen molar-refractivity contribution in [2.24, 2.45) is 0 Å². The molecule has 0 saturated carbocycles. The third-order valence-electron chi connectivity index (χ3n) is 2.37. The average Bonchev–Trinajstić information content (AvgIpc) is 2.34. The monoisotopic (exact) mass is 314 g/mol. The summed E-state index contributed by atoms with van der Waals surface area (Å²) in [7, 11) is 0. The first kappa shape index (κ1) is 14.7. The van der Waals surface area contributed by atoms with Gasteiger partial charge in [-0.1, -0.05) is 22.0 Å². The van der Waals surface area contributed by atoms with Gasteiger partial charge in [-0.3, -0.25) is 9.59 Å². The van der Waals surface area contributed by atoms with Crippen LogP contribution in [0.5, 0.6) is 0 Å². The van der Waals surface area contributed by atoms with Crippen molar-refractivity contribution in [3.05, 3.63) is 28.2 Å². The number of aliphatic hydroxyl groups excluding tert-OH is 1. The summed E-state index contributed by atoms with van der Waals surface area (Å²) >= 11 is 3.34. The van der Waals surface area contributed by atoms with Gasteiger partial charge in [0.15, 0.2) is 0 Å². The van der Waals surface area contributed by atoms with Crippen molar-refractivity contribution in [2.75, 3.05) is 11.9 Å². The molecule has 1 atom stereocenters. The van der Waals surface area contributed by atoms with Gasteiger partial charge in [0.1, 0.15) is 0 Å². The summed E-state index contributed by atoms with van der Waals surface area (Å²) in [6, 6.07) is 4.87. The van der Waals surface area contributed by atoms with Crippen molar-refractivity contribution < 1.29 is 14.7 Å². The van der Waals surface area contributed by atoms with E-state index >= 15 is 0 Å². The van der Waals surface area contributed by atoms with Crippen LogP contribution in [0.15, 0.2) is 22.7 Å². The maximum atomic E-state index is 11.6. The number of hydrogen-bond acceptors (Lipinski definition) is 3. The first-order valence-corrected chi connectivity index (χ1v) is 6.22. The maximum Gasteiger partial charge on any atom is 0.313 e. The predicted octanol–water partition coefficient (Wildman–Crippen LogP) is 1.19. The van der Waals surface area contributed by atoms with E-state index in [9.17, 15) is 9.59 Å². The average molecular weight is 315 g/mol. The fourth-order valence-corrected chi connectivity index (χ4v) is 1.62. The molecule has 2 amide bonds. The molecule has 0 heterocycles. The van der Waals surface area contributed by atoms with Gasteiger partial charge in [-0.15, -0.1) is 0 Å². The maximum absolute atomic E-state index is 11.6. The lowest BCUT2D eigenvalue weighted by molar-refractivity contribution is -0.136. The highest BCUT2D eigenvalue weighted by atomic mass is 79.9. The molecule has 1 unspecified atom stereocenters. The Morgan fingerprint density at radius 3 is 2.67 bits per heavy atom. The fourth-order valence-electron chi connectivity index (χ4n) is 1.26. The zero-order valence-corrected chi connectivity index (χ0v) is 11.7. The summed E-state index contributed by atoms with van der Waals surface area (Å²) in [5.41, 5.74) is 1.41. The van der Waals surface area contributed by atoms with Crippen molar-refractivity contribution in [2.45, 2.75) is 19.9 Å². The van der Waals surface area contributed by atoms with Crippen LogP contribution < -0.4 is 10.6 Å². The van der Waals surface area contributed by atoms with Gasteiger partial charge >= 0.3 is 11.8 Å². The third kappa shape index (κ3) is 3.82. The van der Waals surface area contributed by atoms with Crippen LogP contribution >= 0.6 is 15.9 Å². The van der Waals surface area contributed by atoms with Crippen LogP contribution in [-0.4, -0.2) is 29.6 Å². The molecule has 18 heavy (non-hydrogen) atoms. The van der Waals surface area contributed by atoms with E-state index in [0.29, 0.717) is 5.69 Å². The number of carbonyl (C=O) groups excluding carboxylic acids is 2. The van der Waals surface area contributed by atoms with Crippen LogP contribution in [0.4, 0.5) is 5.69 Å². The molecule has 1 aromatic carbocycles. The quantitative estimate of drug-likeness (QED) is 0.733. The van der Waals surface area contributed by atoms with E-state index < -0.39 is 17.9 Å². The number of aliphatic hydroxyl groups is 1. The normalized spacial score (nSPS) is 11.8. The largest absolute Gasteiger partial charge is 0.394 e. The molecule has 0 aliphatic rings. The Labute approximate surface area is 114 Å². The second kappa shape index (κ2) is 6.51. The fraction of sp³-hybridized carbons (Fsp3) is 0.333. The number of nitrogens with one attached hydrogen (secondary N) is 2. The van der Waals surface area contributed by atoms with E-state index in [2.05, 4.69) is 26.6 Å². The highest BCUT2D eigenvalue weighted by Crippen LogP contribution is 2.23. The number of halogens is 1. The van der Waals surface area contributed by atoms with E-state index in [-0.39, 0.29) is 6.61 Å². The highest BCUT2D eigenvalue weighted by Gasteiger charge is 2.16. The third-order valence-corrected chi connectivity index (χ3v) is 3.23. The van der Waals surface area contributed by atoms with Gasteiger partial charge in [0.2, 0.25) is 0 Å². The molecule has 0 fully saturated rings. The summed E-state index contributed by atoms with van der Waals surface area (Å²) in [6.45, 7) is 3.22. The van der Waals surface area contributed by atoms with Crippen LogP contribution in [0.25, 0.3) is 0 Å². The van der Waals surface area contributed by atoms with Gasteiger partial charge < -0.3 is 15.7 Å². The standard InChI is InChI=1S/C12H15BrN2O3/c1-7(6-16)14-11(17)12(18)15-10-5-3-4-9(13)8(10)2/h3-5,7,16H,6H2,1-2H3,(H,14,17)(H,15,18). The molecular weight excluding hydrogens is 300 g/mol. The number of anilines is 1. The Morgan fingerprint density at radius 1 is 1.39 bits per heavy atom. The van der Waals surface area contributed by atoms with E-state index in [1.807, 2.05) is 13.0 Å². The molecular formula is C12H15BrN2O3. The van der Waals surface area contributed by atoms with E-state index in [4.69, 9.17) is 5.11 Å². The summed E-state index contributed by atoms with van der Waals surface area (Å²) in [5, 5.41) is 13.7. The molecule has 98 valence electrons. The molecule has 0 aliphatic carbocycles. The number of hydrogen-bond donors (Lipinski definition) is 3. The molecule has 0 saturated heterocycles. The molecule has 1 aromatic rings. The second-order valence-corrected chi connectivity index (χ2v) is 4.78. The van der Waals surface area contributed by atoms with Crippen molar-refractivity contribution in [3.63, 3.8) is 0 Å². The van der Waals surface area contributed by atoms with Gasteiger partial charge in [0.05, 0.1) is 6.61 Å². The molecule has 0 radical (unpaired) electrons. The summed E-state index contributed by atoms with van der Waals surface area (Å²) in [4.78, 5) is 23.1. The summed E-state index contributed by atoms with van der Waals surface area (Å²) < 4.78 is 0.851. The van der Waals surface area contributed by atoms with Crippen LogP contribution in [0.2, 0.25) is 0 Å². The smallest absolute Gasteiger partial charge is 0.313 e. The van der Waals surface area contributed by atoms with E-state index in [1.165, 1.54) is 0 Å². The van der Waals surface area contributed by atoms with Gasteiger partial charge in [0.25, 0.3) is 0 Å². The van der Waals surface area contributed by atoms with Crippen molar-refractivity contribution >= 4 is 33.4 Å². The number of carbonyl (C=O) groups is 2. The summed E-state index contributed by atoms with van der Waals surface area (Å²) in [6.07, 6.45) is 0. The minimum atomic E-state index is -0.768. The molecule has 0 bridgehead atoms. The molecule has 1 rings (SSSR count). The predicted molar refractivity (Wildman–Crippen MR) is 72.2 cm³/mol. The van der Waals surface area contributed by atoms with Crippen LogP contribution in [0, 0.1) is 6.92 Å². The Morgan fingerprint density at radius 2 is 2.06 bits per heavy atom. The minimum Gasteiger partial charge on any atom is -0.394 e. The van der Waals surface area contributed by atoms with Gasteiger partial charge in [0, 0.05) is 16.2 Å². The Bertz CT molecular complexity index is 463. The second-order valence-electron chi connectivity index (χ2n) is 3.92. The highest BCUT2D eigenvalue weighted by molar-refractivity contribution is 9.10. The number of benzene rings is 1. The number of rotatable bonds is 3. The van der Waals surface area contributed by atoms with E-state index in [1.54, 1.807) is 19.1 Å². The molecule has 5 nitrogen and oxygen atoms in total. The first-order chi connectivity index (χ1) is 8.45. The Kier molecular flexibility index (Phi) is 5.30. The lowest BCUT2D eigenvalue weighted by atomic mass is 10.2. The molecule has 0 aliphatic heterocycles. The topological polar surface area (TPSA) is 78.4 Å². The van der Waals surface area contributed by atoms with Crippen molar-refractivity contribution in [3.8, 4) is 0 Å². The molecule has 6 heteroatoms. The van der Waals surface area contributed by atoms with Gasteiger partial charge in [-0.05, 0) is 31.5 Å². The zero-order valence-electron chi connectivity index (χ0n) is 10.2. The van der Waals surface area contributed by atoms with Crippen molar-refractivity contribution in [1.82, 2.24) is 5.32 Å². The Hall–Kier alpha value is -1.40. The lowest BCUT2D eigenvalue weighted by Crippen LogP contribution is -2.42.